The molecule has 0 spiro atoms. The lowest BCUT2D eigenvalue weighted by atomic mass is 10.0. The lowest BCUT2D eigenvalue weighted by Gasteiger charge is -2.23. The van der Waals surface area contributed by atoms with Crippen LogP contribution in [0.2, 0.25) is 5.02 Å². The zero-order valence-electron chi connectivity index (χ0n) is 18.3. The van der Waals surface area contributed by atoms with Crippen LogP contribution in [-0.2, 0) is 12.3 Å². The van der Waals surface area contributed by atoms with Crippen LogP contribution in [0.15, 0.2) is 66.3 Å². The normalized spacial score (nSPS) is 11.9. The van der Waals surface area contributed by atoms with E-state index in [0.29, 0.717) is 33.9 Å². The number of nitrogens with zero attached hydrogens (tertiary/aromatic N) is 4. The van der Waals surface area contributed by atoms with Gasteiger partial charge in [0, 0.05) is 24.4 Å². The van der Waals surface area contributed by atoms with Crippen LogP contribution in [0, 0.1) is 16.0 Å². The third-order valence-corrected chi connectivity index (χ3v) is 6.29. The number of benzene rings is 2. The smallest absolute Gasteiger partial charge is 0.269 e. The number of hydrogen-bond donors (Lipinski definition) is 1. The minimum absolute atomic E-state index is 0.0386. The van der Waals surface area contributed by atoms with Crippen LogP contribution in [0.25, 0.3) is 0 Å². The van der Waals surface area contributed by atoms with Gasteiger partial charge >= 0.3 is 0 Å². The molecule has 33 heavy (non-hydrogen) atoms. The number of carbonyl (C=O) groups is 1. The maximum Gasteiger partial charge on any atom is 0.269 e. The molecule has 3 rings (SSSR count). The van der Waals surface area contributed by atoms with E-state index in [1.54, 1.807) is 42.5 Å². The molecule has 1 heterocycles. The molecule has 0 fully saturated rings. The van der Waals surface area contributed by atoms with Crippen LogP contribution in [-0.4, -0.2) is 25.6 Å². The second-order valence-electron chi connectivity index (χ2n) is 7.63. The summed E-state index contributed by atoms with van der Waals surface area (Å²) >= 11 is 7.65. The van der Waals surface area contributed by atoms with Crippen molar-refractivity contribution in [3.05, 3.63) is 93.3 Å². The van der Waals surface area contributed by atoms with E-state index in [1.165, 1.54) is 23.9 Å². The standard InChI is InChI=1S/C23H24ClN5O3S/c1-4-13-28-21(20(15(2)3)25-22(30)18-7-5-6-8-19(18)24)26-27-23(28)33-14-16-9-11-17(12-10-16)29(31)32/h4-12,15,20H,1,13-14H2,2-3H3,(H,25,30). The van der Waals surface area contributed by atoms with Gasteiger partial charge in [-0.15, -0.1) is 16.8 Å². The summed E-state index contributed by atoms with van der Waals surface area (Å²) in [5.74, 6) is 0.937. The summed E-state index contributed by atoms with van der Waals surface area (Å²) < 4.78 is 1.92. The third kappa shape index (κ3) is 6.00. The zero-order chi connectivity index (χ0) is 24.0. The highest BCUT2D eigenvalue weighted by atomic mass is 35.5. The third-order valence-electron chi connectivity index (χ3n) is 4.92. The van der Waals surface area contributed by atoms with E-state index in [9.17, 15) is 14.9 Å². The van der Waals surface area contributed by atoms with Crippen molar-refractivity contribution in [1.29, 1.82) is 0 Å². The number of non-ortho nitro benzene ring substituents is 1. The summed E-state index contributed by atoms with van der Waals surface area (Å²) in [6.07, 6.45) is 1.75. The molecular weight excluding hydrogens is 462 g/mol. The fourth-order valence-corrected chi connectivity index (χ4v) is 4.33. The first-order valence-corrected chi connectivity index (χ1v) is 11.6. The lowest BCUT2D eigenvalue weighted by Crippen LogP contribution is -2.34. The fraction of sp³-hybridized carbons (Fsp3) is 0.261. The van der Waals surface area contributed by atoms with Crippen molar-refractivity contribution in [3.8, 4) is 0 Å². The molecule has 0 aliphatic heterocycles. The van der Waals surface area contributed by atoms with E-state index >= 15 is 0 Å². The first-order valence-electron chi connectivity index (χ1n) is 10.3. The Bertz CT molecular complexity index is 1150. The van der Waals surface area contributed by atoms with E-state index in [1.807, 2.05) is 18.4 Å². The Hall–Kier alpha value is -3.17. The largest absolute Gasteiger partial charge is 0.342 e. The molecule has 0 aliphatic carbocycles. The highest BCUT2D eigenvalue weighted by molar-refractivity contribution is 7.98. The number of aromatic nitrogens is 3. The topological polar surface area (TPSA) is 103 Å². The highest BCUT2D eigenvalue weighted by Gasteiger charge is 2.26. The SMILES string of the molecule is C=CCn1c(SCc2ccc([N+](=O)[O-])cc2)nnc1C(NC(=O)c1ccccc1Cl)C(C)C. The maximum absolute atomic E-state index is 12.9. The quantitative estimate of drug-likeness (QED) is 0.177. The Labute approximate surface area is 201 Å². The van der Waals surface area contributed by atoms with Crippen LogP contribution in [0.5, 0.6) is 0 Å². The number of hydrogen-bond acceptors (Lipinski definition) is 6. The molecule has 0 aliphatic rings. The summed E-state index contributed by atoms with van der Waals surface area (Å²) in [6, 6.07) is 12.9. The van der Waals surface area contributed by atoms with Gasteiger partial charge in [0.05, 0.1) is 21.6 Å². The van der Waals surface area contributed by atoms with Crippen molar-refractivity contribution in [2.45, 2.75) is 37.3 Å². The molecule has 0 bridgehead atoms. The molecule has 1 N–H and O–H groups in total. The highest BCUT2D eigenvalue weighted by Crippen LogP contribution is 2.28. The van der Waals surface area contributed by atoms with E-state index in [0.717, 1.165) is 5.56 Å². The number of nitrogens with one attached hydrogen (secondary N) is 1. The molecular formula is C23H24ClN5O3S. The Balaban J connectivity index is 1.82. The van der Waals surface area contributed by atoms with Gasteiger partial charge in [0.2, 0.25) is 0 Å². The number of nitro groups is 1. The minimum atomic E-state index is -0.424. The number of halogens is 1. The minimum Gasteiger partial charge on any atom is -0.342 e. The van der Waals surface area contributed by atoms with Crippen LogP contribution >= 0.6 is 23.4 Å². The average molecular weight is 486 g/mol. The maximum atomic E-state index is 12.9. The number of thioether (sulfide) groups is 1. The number of amides is 1. The first-order chi connectivity index (χ1) is 15.8. The summed E-state index contributed by atoms with van der Waals surface area (Å²) in [6.45, 7) is 8.29. The second kappa shape index (κ2) is 11.1. The van der Waals surface area contributed by atoms with Crippen LogP contribution in [0.3, 0.4) is 0 Å². The van der Waals surface area contributed by atoms with Gasteiger partial charge in [0.25, 0.3) is 11.6 Å². The number of nitro benzene ring substituents is 1. The van der Waals surface area contributed by atoms with Crippen molar-refractivity contribution in [3.63, 3.8) is 0 Å². The van der Waals surface area contributed by atoms with E-state index < -0.39 is 11.0 Å². The first kappa shape index (κ1) is 24.5. The monoisotopic (exact) mass is 485 g/mol. The van der Waals surface area contributed by atoms with Crippen LogP contribution < -0.4 is 5.32 Å². The van der Waals surface area contributed by atoms with Gasteiger partial charge in [-0.1, -0.05) is 67.6 Å². The molecule has 1 atom stereocenters. The van der Waals surface area contributed by atoms with Crippen LogP contribution in [0.4, 0.5) is 5.69 Å². The number of rotatable bonds is 10. The average Bonchev–Trinajstić information content (AvgIpc) is 3.18. The molecule has 10 heteroatoms. The summed E-state index contributed by atoms with van der Waals surface area (Å²) in [5.41, 5.74) is 1.37. The Morgan fingerprint density at radius 2 is 1.94 bits per heavy atom. The van der Waals surface area contributed by atoms with Crippen LogP contribution in [0.1, 0.15) is 41.6 Å². The Morgan fingerprint density at radius 3 is 2.55 bits per heavy atom. The van der Waals surface area contributed by atoms with Gasteiger partial charge < -0.3 is 9.88 Å². The van der Waals surface area contributed by atoms with Crippen molar-refractivity contribution in [2.24, 2.45) is 5.92 Å². The molecule has 0 radical (unpaired) electrons. The van der Waals surface area contributed by atoms with Gasteiger partial charge in [-0.2, -0.15) is 0 Å². The van der Waals surface area contributed by atoms with Gasteiger partial charge in [0.1, 0.15) is 0 Å². The predicted octanol–water partition coefficient (Wildman–Crippen LogP) is 5.45. The Kier molecular flexibility index (Phi) is 8.24. The molecule has 1 amide bonds. The summed E-state index contributed by atoms with van der Waals surface area (Å²) in [4.78, 5) is 23.3. The van der Waals surface area contributed by atoms with Gasteiger partial charge in [-0.05, 0) is 23.6 Å². The molecule has 1 unspecified atom stereocenters. The van der Waals surface area contributed by atoms with Gasteiger partial charge in [-0.3, -0.25) is 14.9 Å². The van der Waals surface area contributed by atoms with Gasteiger partial charge in [-0.25, -0.2) is 0 Å². The van der Waals surface area contributed by atoms with Crippen molar-refractivity contribution >= 4 is 35.0 Å². The molecule has 1 aromatic heterocycles. The molecule has 0 saturated heterocycles. The van der Waals surface area contributed by atoms with Gasteiger partial charge in [0.15, 0.2) is 11.0 Å². The predicted molar refractivity (Wildman–Crippen MR) is 129 cm³/mol. The summed E-state index contributed by atoms with van der Waals surface area (Å²) in [7, 11) is 0. The fourth-order valence-electron chi connectivity index (χ4n) is 3.19. The second-order valence-corrected chi connectivity index (χ2v) is 8.98. The molecule has 2 aromatic carbocycles. The summed E-state index contributed by atoms with van der Waals surface area (Å²) in [5, 5.41) is 23.7. The van der Waals surface area contributed by atoms with Crippen molar-refractivity contribution in [2.75, 3.05) is 0 Å². The van der Waals surface area contributed by atoms with Crippen molar-refractivity contribution in [1.82, 2.24) is 20.1 Å². The van der Waals surface area contributed by atoms with E-state index in [2.05, 4.69) is 22.1 Å². The number of carbonyl (C=O) groups excluding carboxylic acids is 1. The van der Waals surface area contributed by atoms with E-state index in [4.69, 9.17) is 11.6 Å². The lowest BCUT2D eigenvalue weighted by molar-refractivity contribution is -0.384. The number of allylic oxidation sites excluding steroid dienone is 1. The molecule has 3 aromatic rings. The Morgan fingerprint density at radius 1 is 1.24 bits per heavy atom. The molecule has 0 saturated carbocycles. The van der Waals surface area contributed by atoms with Crippen molar-refractivity contribution < 1.29 is 9.72 Å². The molecule has 8 nitrogen and oxygen atoms in total. The zero-order valence-corrected chi connectivity index (χ0v) is 19.8. The van der Waals surface area contributed by atoms with E-state index in [-0.39, 0.29) is 17.5 Å². The molecule has 172 valence electrons.